The van der Waals surface area contributed by atoms with Gasteiger partial charge in [0, 0.05) is 42.6 Å². The quantitative estimate of drug-likeness (QED) is 0.585. The molecule has 2 heterocycles. The Labute approximate surface area is 149 Å². The fraction of sp³-hybridized carbons (Fsp3) is 0.174. The molecule has 2 heteroatoms. The molecule has 124 valence electrons. The van der Waals surface area contributed by atoms with Crippen molar-refractivity contribution in [3.05, 3.63) is 96.2 Å². The second kappa shape index (κ2) is 7.35. The first-order valence-corrected chi connectivity index (χ1v) is 8.96. The van der Waals surface area contributed by atoms with E-state index in [0.717, 1.165) is 25.9 Å². The number of para-hydroxylation sites is 2. The molecular weight excluding hydrogens is 304 g/mol. The van der Waals surface area contributed by atoms with Gasteiger partial charge in [0.1, 0.15) is 0 Å². The third kappa shape index (κ3) is 3.48. The first-order valence-electron chi connectivity index (χ1n) is 8.96. The highest BCUT2D eigenvalue weighted by molar-refractivity contribution is 5.69. The monoisotopic (exact) mass is 327 g/mol. The normalized spacial score (nSPS) is 18.1. The molecule has 0 fully saturated rings. The minimum Gasteiger partial charge on any atom is -0.347 e. The maximum Gasteiger partial charge on any atom is 0.208 e. The second-order valence-electron chi connectivity index (χ2n) is 6.40. The number of fused-ring (bicyclic) bond motifs is 2. The lowest BCUT2D eigenvalue weighted by molar-refractivity contribution is -0.423. The minimum atomic E-state index is 1.07. The fourth-order valence-electron chi connectivity index (χ4n) is 3.54. The molecule has 0 spiro atoms. The van der Waals surface area contributed by atoms with Crippen molar-refractivity contribution in [2.45, 2.75) is 12.8 Å². The van der Waals surface area contributed by atoms with Crippen LogP contribution in [0.5, 0.6) is 0 Å². The molecule has 2 aromatic rings. The van der Waals surface area contributed by atoms with Gasteiger partial charge in [0.05, 0.1) is 0 Å². The van der Waals surface area contributed by atoms with E-state index >= 15 is 0 Å². The zero-order valence-electron chi connectivity index (χ0n) is 14.4. The van der Waals surface area contributed by atoms with Gasteiger partial charge >= 0.3 is 0 Å². The van der Waals surface area contributed by atoms with Crippen molar-refractivity contribution >= 4 is 17.6 Å². The Morgan fingerprint density at radius 2 is 1.52 bits per heavy atom. The molecule has 0 radical (unpaired) electrons. The van der Waals surface area contributed by atoms with Crippen LogP contribution < -0.4 is 4.90 Å². The van der Waals surface area contributed by atoms with E-state index in [2.05, 4.69) is 101 Å². The highest BCUT2D eigenvalue weighted by atomic mass is 15.1. The van der Waals surface area contributed by atoms with Crippen LogP contribution in [-0.4, -0.2) is 23.9 Å². The average molecular weight is 327 g/mol. The van der Waals surface area contributed by atoms with Crippen molar-refractivity contribution in [3.8, 4) is 0 Å². The fourth-order valence-corrected chi connectivity index (χ4v) is 3.54. The Hall–Kier alpha value is -2.87. The van der Waals surface area contributed by atoms with Crippen molar-refractivity contribution in [1.82, 2.24) is 0 Å². The standard InChI is InChI=1S/C23H23N2/c1(2-8-16-24-18-14-20-10-4-6-12-22(20)24)3-9-17-25-19-15-21-11-5-7-13-23(21)25/h1-13,16-17H,14-15,18-19H2/q+1. The SMILES string of the molecule is C(=CC=CN1CCc2ccccc21)C=CC=[N+]1CCc2ccccc21. The van der Waals surface area contributed by atoms with Crippen molar-refractivity contribution in [2.75, 3.05) is 18.0 Å². The summed E-state index contributed by atoms with van der Waals surface area (Å²) in [6.07, 6.45) is 17.1. The van der Waals surface area contributed by atoms with Crippen molar-refractivity contribution in [1.29, 1.82) is 0 Å². The predicted octanol–water partition coefficient (Wildman–Crippen LogP) is 4.65. The summed E-state index contributed by atoms with van der Waals surface area (Å²) in [7, 11) is 0. The van der Waals surface area contributed by atoms with E-state index in [1.54, 1.807) is 0 Å². The Morgan fingerprint density at radius 3 is 2.48 bits per heavy atom. The third-order valence-corrected chi connectivity index (χ3v) is 4.82. The summed E-state index contributed by atoms with van der Waals surface area (Å²) in [5.41, 5.74) is 5.56. The molecule has 0 aromatic heterocycles. The zero-order valence-corrected chi connectivity index (χ0v) is 14.4. The van der Waals surface area contributed by atoms with E-state index in [1.165, 1.54) is 22.5 Å². The molecule has 4 rings (SSSR count). The van der Waals surface area contributed by atoms with Crippen molar-refractivity contribution in [3.63, 3.8) is 0 Å². The zero-order chi connectivity index (χ0) is 16.9. The highest BCUT2D eigenvalue weighted by Gasteiger charge is 2.21. The van der Waals surface area contributed by atoms with Crippen LogP contribution in [-0.2, 0) is 12.8 Å². The summed E-state index contributed by atoms with van der Waals surface area (Å²) in [5, 5.41) is 0. The maximum atomic E-state index is 2.32. The van der Waals surface area contributed by atoms with Gasteiger partial charge in [-0.1, -0.05) is 54.6 Å². The van der Waals surface area contributed by atoms with Crippen molar-refractivity contribution < 1.29 is 4.58 Å². The van der Waals surface area contributed by atoms with Gasteiger partial charge in [0.15, 0.2) is 12.8 Å². The van der Waals surface area contributed by atoms with Crippen molar-refractivity contribution in [2.24, 2.45) is 0 Å². The van der Waals surface area contributed by atoms with Gasteiger partial charge in [-0.3, -0.25) is 0 Å². The van der Waals surface area contributed by atoms with E-state index in [1.807, 2.05) is 0 Å². The number of benzene rings is 2. The summed E-state index contributed by atoms with van der Waals surface area (Å²) in [5.74, 6) is 0. The number of nitrogens with zero attached hydrogens (tertiary/aromatic N) is 2. The van der Waals surface area contributed by atoms with Gasteiger partial charge in [0.25, 0.3) is 0 Å². The van der Waals surface area contributed by atoms with Gasteiger partial charge in [-0.2, -0.15) is 4.58 Å². The summed E-state index contributed by atoms with van der Waals surface area (Å²) in [4.78, 5) is 2.32. The number of allylic oxidation sites excluding steroid dienone is 5. The van der Waals surface area contributed by atoms with Crippen LogP contribution in [0.4, 0.5) is 11.4 Å². The van der Waals surface area contributed by atoms with Crippen LogP contribution in [0, 0.1) is 0 Å². The topological polar surface area (TPSA) is 6.25 Å². The molecule has 0 bridgehead atoms. The number of hydrogen-bond donors (Lipinski definition) is 0. The summed E-state index contributed by atoms with van der Waals surface area (Å²) >= 11 is 0. The van der Waals surface area contributed by atoms with E-state index in [0.29, 0.717) is 0 Å². The highest BCUT2D eigenvalue weighted by Crippen LogP contribution is 2.27. The second-order valence-corrected chi connectivity index (χ2v) is 6.40. The maximum absolute atomic E-state index is 2.32. The lowest BCUT2D eigenvalue weighted by Gasteiger charge is -2.12. The van der Waals surface area contributed by atoms with E-state index in [-0.39, 0.29) is 0 Å². The van der Waals surface area contributed by atoms with Gasteiger partial charge in [-0.05, 0) is 24.1 Å². The Balaban J connectivity index is 1.33. The van der Waals surface area contributed by atoms with Gasteiger partial charge < -0.3 is 4.90 Å². The molecule has 2 aromatic carbocycles. The molecule has 2 nitrogen and oxygen atoms in total. The van der Waals surface area contributed by atoms with Gasteiger partial charge in [-0.15, -0.1) is 0 Å². The molecule has 0 atom stereocenters. The molecule has 2 aliphatic rings. The smallest absolute Gasteiger partial charge is 0.208 e. The largest absolute Gasteiger partial charge is 0.347 e. The van der Waals surface area contributed by atoms with Crippen LogP contribution in [0.25, 0.3) is 0 Å². The lowest BCUT2D eigenvalue weighted by Crippen LogP contribution is -2.11. The minimum absolute atomic E-state index is 1.07. The van der Waals surface area contributed by atoms with E-state index in [9.17, 15) is 0 Å². The Bertz CT molecular complexity index is 871. The van der Waals surface area contributed by atoms with E-state index in [4.69, 9.17) is 0 Å². The number of anilines is 1. The third-order valence-electron chi connectivity index (χ3n) is 4.82. The Morgan fingerprint density at radius 1 is 0.760 bits per heavy atom. The van der Waals surface area contributed by atoms with Gasteiger partial charge in [0.2, 0.25) is 5.69 Å². The van der Waals surface area contributed by atoms with Gasteiger partial charge in [-0.25, -0.2) is 0 Å². The lowest BCUT2D eigenvalue weighted by atomic mass is 10.2. The predicted molar refractivity (Wildman–Crippen MR) is 106 cm³/mol. The molecule has 0 N–H and O–H groups in total. The summed E-state index contributed by atoms with van der Waals surface area (Å²) in [6.45, 7) is 2.14. The first-order chi connectivity index (χ1) is 12.4. The molecule has 0 amide bonds. The Kier molecular flexibility index (Phi) is 4.60. The van der Waals surface area contributed by atoms with Crippen LogP contribution in [0.15, 0.2) is 85.1 Å². The van der Waals surface area contributed by atoms with Crippen LogP contribution in [0.1, 0.15) is 11.1 Å². The molecule has 25 heavy (non-hydrogen) atoms. The number of hydrogen-bond acceptors (Lipinski definition) is 1. The summed E-state index contributed by atoms with van der Waals surface area (Å²) < 4.78 is 2.32. The summed E-state index contributed by atoms with van der Waals surface area (Å²) in [6, 6.07) is 17.3. The van der Waals surface area contributed by atoms with Crippen LogP contribution >= 0.6 is 0 Å². The van der Waals surface area contributed by atoms with Crippen LogP contribution in [0.2, 0.25) is 0 Å². The molecular formula is C23H23N2+. The molecule has 0 saturated heterocycles. The van der Waals surface area contributed by atoms with Crippen LogP contribution in [0.3, 0.4) is 0 Å². The molecule has 0 saturated carbocycles. The average Bonchev–Trinajstić information content (AvgIpc) is 3.25. The van der Waals surface area contributed by atoms with E-state index < -0.39 is 0 Å². The molecule has 0 unspecified atom stereocenters. The first kappa shape index (κ1) is 15.6. The number of rotatable bonds is 4. The molecule has 2 aliphatic heterocycles. The molecule has 0 aliphatic carbocycles.